The summed E-state index contributed by atoms with van der Waals surface area (Å²) >= 11 is 0. The van der Waals surface area contributed by atoms with Crippen molar-refractivity contribution in [2.75, 3.05) is 0 Å². The van der Waals surface area contributed by atoms with Crippen LogP contribution in [0.2, 0.25) is 0 Å². The average molecular weight is 350 g/mol. The molecular formula is C22H26N2O2. The van der Waals surface area contributed by atoms with Crippen molar-refractivity contribution in [1.82, 2.24) is 10.6 Å². The van der Waals surface area contributed by atoms with Crippen LogP contribution in [0, 0.1) is 5.92 Å². The van der Waals surface area contributed by atoms with E-state index in [4.69, 9.17) is 0 Å². The van der Waals surface area contributed by atoms with Crippen LogP contribution in [0.3, 0.4) is 0 Å². The molecule has 0 aliphatic heterocycles. The fourth-order valence-corrected chi connectivity index (χ4v) is 3.70. The van der Waals surface area contributed by atoms with Crippen molar-refractivity contribution >= 4 is 11.8 Å². The maximum absolute atomic E-state index is 12.9. The van der Waals surface area contributed by atoms with Crippen LogP contribution >= 0.6 is 0 Å². The molecule has 1 saturated carbocycles. The predicted molar refractivity (Wildman–Crippen MR) is 102 cm³/mol. The Morgan fingerprint density at radius 1 is 0.846 bits per heavy atom. The highest BCUT2D eigenvalue weighted by Crippen LogP contribution is 2.27. The molecule has 1 fully saturated rings. The molecule has 26 heavy (non-hydrogen) atoms. The standard InChI is InChI=1S/C22H26N2O2/c1-16(25)23-20-14-12-19(13-15-20)22(26)24-21(17-8-4-2-5-9-17)18-10-6-3-7-11-18/h2-11,19-21H,12-15H2,1H3,(H,23,25)(H,24,26). The largest absolute Gasteiger partial charge is 0.354 e. The van der Waals surface area contributed by atoms with Crippen LogP contribution in [0.4, 0.5) is 0 Å². The van der Waals surface area contributed by atoms with Gasteiger partial charge in [-0.2, -0.15) is 0 Å². The summed E-state index contributed by atoms with van der Waals surface area (Å²) in [5.41, 5.74) is 2.16. The van der Waals surface area contributed by atoms with Gasteiger partial charge in [0, 0.05) is 18.9 Å². The van der Waals surface area contributed by atoms with Crippen LogP contribution in [0.5, 0.6) is 0 Å². The molecule has 0 heterocycles. The second-order valence-corrected chi connectivity index (χ2v) is 7.01. The van der Waals surface area contributed by atoms with Crippen molar-refractivity contribution in [3.05, 3.63) is 71.8 Å². The number of amides is 2. The Bertz CT molecular complexity index is 683. The lowest BCUT2D eigenvalue weighted by atomic mass is 9.85. The van der Waals surface area contributed by atoms with Gasteiger partial charge in [0.1, 0.15) is 0 Å². The minimum Gasteiger partial charge on any atom is -0.354 e. The maximum atomic E-state index is 12.9. The minimum atomic E-state index is -0.141. The first-order valence-corrected chi connectivity index (χ1v) is 9.31. The molecule has 2 N–H and O–H groups in total. The molecule has 3 rings (SSSR count). The van der Waals surface area contributed by atoms with Gasteiger partial charge in [0.05, 0.1) is 6.04 Å². The van der Waals surface area contributed by atoms with Gasteiger partial charge in [-0.25, -0.2) is 0 Å². The second-order valence-electron chi connectivity index (χ2n) is 7.01. The van der Waals surface area contributed by atoms with E-state index in [9.17, 15) is 9.59 Å². The summed E-state index contributed by atoms with van der Waals surface area (Å²) in [4.78, 5) is 24.1. The molecule has 2 aromatic carbocycles. The third-order valence-electron chi connectivity index (χ3n) is 5.06. The Morgan fingerprint density at radius 2 is 1.35 bits per heavy atom. The molecular weight excluding hydrogens is 324 g/mol. The lowest BCUT2D eigenvalue weighted by molar-refractivity contribution is -0.126. The van der Waals surface area contributed by atoms with Crippen LogP contribution in [0.1, 0.15) is 49.8 Å². The van der Waals surface area contributed by atoms with Crippen molar-refractivity contribution in [2.24, 2.45) is 5.92 Å². The third-order valence-corrected chi connectivity index (χ3v) is 5.06. The number of rotatable bonds is 5. The molecule has 1 aliphatic rings. The zero-order valence-electron chi connectivity index (χ0n) is 15.2. The summed E-state index contributed by atoms with van der Waals surface area (Å²) in [5.74, 6) is 0.116. The second kappa shape index (κ2) is 8.65. The number of hydrogen-bond donors (Lipinski definition) is 2. The van der Waals surface area contributed by atoms with Gasteiger partial charge >= 0.3 is 0 Å². The summed E-state index contributed by atoms with van der Waals surface area (Å²) in [6.07, 6.45) is 3.35. The molecule has 4 heteroatoms. The molecule has 4 nitrogen and oxygen atoms in total. The highest BCUT2D eigenvalue weighted by Gasteiger charge is 2.28. The molecule has 0 saturated heterocycles. The average Bonchev–Trinajstić information content (AvgIpc) is 2.67. The third kappa shape index (κ3) is 4.72. The molecule has 136 valence electrons. The number of benzene rings is 2. The van der Waals surface area contributed by atoms with E-state index in [2.05, 4.69) is 10.6 Å². The molecule has 0 radical (unpaired) electrons. The van der Waals surface area contributed by atoms with Gasteiger partial charge in [-0.3, -0.25) is 9.59 Å². The Labute approximate surface area is 155 Å². The van der Waals surface area contributed by atoms with Crippen molar-refractivity contribution in [3.8, 4) is 0 Å². The van der Waals surface area contributed by atoms with Crippen LogP contribution in [-0.2, 0) is 9.59 Å². The monoisotopic (exact) mass is 350 g/mol. The van der Waals surface area contributed by atoms with Crippen molar-refractivity contribution < 1.29 is 9.59 Å². The van der Waals surface area contributed by atoms with Crippen LogP contribution < -0.4 is 10.6 Å². The summed E-state index contributed by atoms with van der Waals surface area (Å²) in [6.45, 7) is 1.54. The van der Waals surface area contributed by atoms with Crippen LogP contribution in [-0.4, -0.2) is 17.9 Å². The van der Waals surface area contributed by atoms with E-state index < -0.39 is 0 Å². The van der Waals surface area contributed by atoms with E-state index in [1.807, 2.05) is 60.7 Å². The predicted octanol–water partition coefficient (Wildman–Crippen LogP) is 3.59. The molecule has 2 aromatic rings. The SMILES string of the molecule is CC(=O)NC1CCC(C(=O)NC(c2ccccc2)c2ccccc2)CC1. The van der Waals surface area contributed by atoms with Crippen LogP contribution in [0.25, 0.3) is 0 Å². The summed E-state index contributed by atoms with van der Waals surface area (Å²) < 4.78 is 0. The zero-order chi connectivity index (χ0) is 18.4. The summed E-state index contributed by atoms with van der Waals surface area (Å²) in [7, 11) is 0. The molecule has 1 aliphatic carbocycles. The normalized spacial score (nSPS) is 19.8. The summed E-state index contributed by atoms with van der Waals surface area (Å²) in [5, 5.41) is 6.21. The van der Waals surface area contributed by atoms with Crippen molar-refractivity contribution in [3.63, 3.8) is 0 Å². The van der Waals surface area contributed by atoms with Gasteiger partial charge in [-0.15, -0.1) is 0 Å². The van der Waals surface area contributed by atoms with E-state index in [0.29, 0.717) is 0 Å². The van der Waals surface area contributed by atoms with E-state index in [0.717, 1.165) is 36.8 Å². The van der Waals surface area contributed by atoms with Gasteiger partial charge in [-0.1, -0.05) is 60.7 Å². The minimum absolute atomic E-state index is 0.00567. The Hall–Kier alpha value is -2.62. The molecule has 0 spiro atoms. The first kappa shape index (κ1) is 18.2. The van der Waals surface area contributed by atoms with Gasteiger partial charge in [0.15, 0.2) is 0 Å². The quantitative estimate of drug-likeness (QED) is 0.866. The number of hydrogen-bond acceptors (Lipinski definition) is 2. The highest BCUT2D eigenvalue weighted by molar-refractivity contribution is 5.80. The van der Waals surface area contributed by atoms with Crippen molar-refractivity contribution in [2.45, 2.75) is 44.7 Å². The Morgan fingerprint density at radius 3 is 1.81 bits per heavy atom. The van der Waals surface area contributed by atoms with Gasteiger partial charge in [0.2, 0.25) is 11.8 Å². The van der Waals surface area contributed by atoms with Gasteiger partial charge < -0.3 is 10.6 Å². The molecule has 0 unspecified atom stereocenters. The lowest BCUT2D eigenvalue weighted by Gasteiger charge is -2.29. The van der Waals surface area contributed by atoms with Crippen LogP contribution in [0.15, 0.2) is 60.7 Å². The van der Waals surface area contributed by atoms with Crippen molar-refractivity contribution in [1.29, 1.82) is 0 Å². The highest BCUT2D eigenvalue weighted by atomic mass is 16.2. The Balaban J connectivity index is 1.68. The van der Waals surface area contributed by atoms with E-state index in [1.165, 1.54) is 0 Å². The molecule has 2 amide bonds. The maximum Gasteiger partial charge on any atom is 0.223 e. The smallest absolute Gasteiger partial charge is 0.223 e. The van der Waals surface area contributed by atoms with E-state index >= 15 is 0 Å². The molecule has 0 bridgehead atoms. The Kier molecular flexibility index (Phi) is 6.05. The molecule has 0 atom stereocenters. The molecule has 0 aromatic heterocycles. The van der Waals surface area contributed by atoms with Gasteiger partial charge in [0.25, 0.3) is 0 Å². The van der Waals surface area contributed by atoms with Gasteiger partial charge in [-0.05, 0) is 36.8 Å². The lowest BCUT2D eigenvalue weighted by Crippen LogP contribution is -2.41. The first-order valence-electron chi connectivity index (χ1n) is 9.31. The first-order chi connectivity index (χ1) is 12.6. The number of carbonyl (C=O) groups is 2. The van der Waals surface area contributed by atoms with E-state index in [-0.39, 0.29) is 29.8 Å². The topological polar surface area (TPSA) is 58.2 Å². The number of nitrogens with one attached hydrogen (secondary N) is 2. The summed E-state index contributed by atoms with van der Waals surface area (Å²) in [6, 6.07) is 20.2. The van der Waals surface area contributed by atoms with E-state index in [1.54, 1.807) is 6.92 Å². The zero-order valence-corrected chi connectivity index (χ0v) is 15.2. The fourth-order valence-electron chi connectivity index (χ4n) is 3.70. The fraction of sp³-hybridized carbons (Fsp3) is 0.364. The number of carbonyl (C=O) groups excluding carboxylic acids is 2.